The first-order chi connectivity index (χ1) is 7.57. The minimum absolute atomic E-state index is 0.279. The van der Waals surface area contributed by atoms with Gasteiger partial charge in [-0.3, -0.25) is 0 Å². The number of alkyl halides is 3. The van der Waals surface area contributed by atoms with E-state index in [2.05, 4.69) is 14.3 Å². The Morgan fingerprint density at radius 1 is 1.06 bits per heavy atom. The summed E-state index contributed by atoms with van der Waals surface area (Å²) in [7, 11) is 0. The summed E-state index contributed by atoms with van der Waals surface area (Å²) in [6.45, 7) is 2.04. The van der Waals surface area contributed by atoms with Gasteiger partial charge in [0.2, 0.25) is 5.13 Å². The second-order valence-corrected chi connectivity index (χ2v) is 6.81. The highest BCUT2D eigenvalue weighted by Crippen LogP contribution is 2.38. The van der Waals surface area contributed by atoms with Crippen molar-refractivity contribution < 1.29 is 0 Å². The van der Waals surface area contributed by atoms with Gasteiger partial charge in [-0.1, -0.05) is 47.6 Å². The first-order valence-electron chi connectivity index (χ1n) is 5.23. The Balaban J connectivity index is 2.11. The SMILES string of the molecule is ClC(Cl)(Cl)c1nsc(N2CCCCCC2)n1. The maximum atomic E-state index is 5.74. The van der Waals surface area contributed by atoms with E-state index >= 15 is 0 Å². The molecule has 0 unspecified atom stereocenters. The summed E-state index contributed by atoms with van der Waals surface area (Å²) >= 11 is 18.5. The van der Waals surface area contributed by atoms with E-state index in [9.17, 15) is 0 Å². The molecule has 0 amide bonds. The summed E-state index contributed by atoms with van der Waals surface area (Å²) in [6.07, 6.45) is 4.96. The van der Waals surface area contributed by atoms with Crippen molar-refractivity contribution in [2.75, 3.05) is 18.0 Å². The van der Waals surface area contributed by atoms with Crippen LogP contribution in [0.15, 0.2) is 0 Å². The van der Waals surface area contributed by atoms with Gasteiger partial charge in [-0.15, -0.1) is 0 Å². The van der Waals surface area contributed by atoms with E-state index in [1.54, 1.807) is 0 Å². The van der Waals surface area contributed by atoms with Crippen LogP contribution in [0.3, 0.4) is 0 Å². The van der Waals surface area contributed by atoms with Gasteiger partial charge in [0.05, 0.1) is 0 Å². The average molecular weight is 301 g/mol. The molecule has 1 aromatic heterocycles. The molecule has 2 rings (SSSR count). The maximum Gasteiger partial charge on any atom is 0.251 e. The third-order valence-electron chi connectivity index (χ3n) is 2.55. The van der Waals surface area contributed by atoms with E-state index in [-0.39, 0.29) is 5.82 Å². The third-order valence-corrected chi connectivity index (χ3v) is 3.83. The van der Waals surface area contributed by atoms with Crippen molar-refractivity contribution in [2.45, 2.75) is 29.5 Å². The third kappa shape index (κ3) is 3.13. The number of hydrogen-bond donors (Lipinski definition) is 0. The van der Waals surface area contributed by atoms with Crippen molar-refractivity contribution in [2.24, 2.45) is 0 Å². The minimum atomic E-state index is -1.51. The van der Waals surface area contributed by atoms with Crippen molar-refractivity contribution in [1.29, 1.82) is 0 Å². The zero-order valence-electron chi connectivity index (χ0n) is 8.63. The lowest BCUT2D eigenvalue weighted by atomic mass is 10.2. The van der Waals surface area contributed by atoms with Crippen LogP contribution in [-0.2, 0) is 3.79 Å². The van der Waals surface area contributed by atoms with Gasteiger partial charge in [-0.05, 0) is 12.8 Å². The smallest absolute Gasteiger partial charge is 0.251 e. The second kappa shape index (κ2) is 5.25. The van der Waals surface area contributed by atoms with Crippen LogP contribution in [0.25, 0.3) is 0 Å². The number of hydrogen-bond acceptors (Lipinski definition) is 4. The molecule has 1 aliphatic rings. The van der Waals surface area contributed by atoms with Crippen LogP contribution < -0.4 is 4.90 Å². The summed E-state index contributed by atoms with van der Waals surface area (Å²) in [5.74, 6) is 0.279. The summed E-state index contributed by atoms with van der Waals surface area (Å²) in [6, 6.07) is 0. The van der Waals surface area contributed by atoms with E-state index in [1.165, 1.54) is 37.2 Å². The molecule has 1 fully saturated rings. The zero-order chi connectivity index (χ0) is 11.6. The van der Waals surface area contributed by atoms with Gasteiger partial charge in [0.1, 0.15) is 0 Å². The summed E-state index contributed by atoms with van der Waals surface area (Å²) in [4.78, 5) is 6.51. The fourth-order valence-corrected chi connectivity index (χ4v) is 2.90. The molecule has 0 aliphatic carbocycles. The van der Waals surface area contributed by atoms with Gasteiger partial charge in [0, 0.05) is 24.6 Å². The monoisotopic (exact) mass is 299 g/mol. The molecule has 0 spiro atoms. The van der Waals surface area contributed by atoms with E-state index in [0.29, 0.717) is 0 Å². The molecule has 0 aromatic carbocycles. The predicted molar refractivity (Wildman–Crippen MR) is 69.8 cm³/mol. The average Bonchev–Trinajstić information content (AvgIpc) is 2.55. The summed E-state index contributed by atoms with van der Waals surface area (Å²) in [5, 5.41) is 0.864. The van der Waals surface area contributed by atoms with Gasteiger partial charge in [-0.25, -0.2) is 0 Å². The van der Waals surface area contributed by atoms with Crippen molar-refractivity contribution in [3.8, 4) is 0 Å². The number of anilines is 1. The molecule has 0 radical (unpaired) electrons. The lowest BCUT2D eigenvalue weighted by molar-refractivity contribution is 0.726. The molecule has 1 aromatic rings. The van der Waals surface area contributed by atoms with Crippen LogP contribution in [0.2, 0.25) is 0 Å². The summed E-state index contributed by atoms with van der Waals surface area (Å²) in [5.41, 5.74) is 0. The van der Waals surface area contributed by atoms with E-state index < -0.39 is 3.79 Å². The van der Waals surface area contributed by atoms with Crippen molar-refractivity contribution in [1.82, 2.24) is 9.36 Å². The van der Waals surface area contributed by atoms with E-state index in [1.807, 2.05) is 0 Å². The summed E-state index contributed by atoms with van der Waals surface area (Å²) < 4.78 is 2.57. The number of halogens is 3. The standard InChI is InChI=1S/C9H12Cl3N3S/c10-9(11,12)7-13-8(16-14-7)15-5-3-1-2-4-6-15/h1-6H2. The molecule has 16 heavy (non-hydrogen) atoms. The molecule has 0 atom stereocenters. The van der Waals surface area contributed by atoms with Gasteiger partial charge in [-0.2, -0.15) is 9.36 Å². The quantitative estimate of drug-likeness (QED) is 0.740. The fourth-order valence-electron chi connectivity index (χ4n) is 1.72. The minimum Gasteiger partial charge on any atom is -0.347 e. The Morgan fingerprint density at radius 2 is 1.69 bits per heavy atom. The largest absolute Gasteiger partial charge is 0.347 e. The van der Waals surface area contributed by atoms with Gasteiger partial charge >= 0.3 is 0 Å². The first-order valence-corrected chi connectivity index (χ1v) is 7.14. The fraction of sp³-hybridized carbons (Fsp3) is 0.778. The Hall–Kier alpha value is 0.230. The topological polar surface area (TPSA) is 29.0 Å². The van der Waals surface area contributed by atoms with Crippen LogP contribution in [-0.4, -0.2) is 22.4 Å². The molecule has 3 nitrogen and oxygen atoms in total. The van der Waals surface area contributed by atoms with Crippen molar-refractivity contribution in [3.05, 3.63) is 5.82 Å². The number of rotatable bonds is 1. The maximum absolute atomic E-state index is 5.74. The Kier molecular flexibility index (Phi) is 4.16. The molecule has 7 heteroatoms. The Labute approximate surface area is 114 Å². The van der Waals surface area contributed by atoms with E-state index in [4.69, 9.17) is 34.8 Å². The highest BCUT2D eigenvalue weighted by molar-refractivity contribution is 7.09. The van der Waals surface area contributed by atoms with Crippen molar-refractivity contribution in [3.63, 3.8) is 0 Å². The van der Waals surface area contributed by atoms with Crippen LogP contribution >= 0.6 is 46.3 Å². The molecule has 1 saturated heterocycles. The Morgan fingerprint density at radius 3 is 2.19 bits per heavy atom. The van der Waals surface area contributed by atoms with Crippen LogP contribution in [0.4, 0.5) is 5.13 Å². The number of nitrogens with zero attached hydrogens (tertiary/aromatic N) is 3. The zero-order valence-corrected chi connectivity index (χ0v) is 11.7. The van der Waals surface area contributed by atoms with Crippen molar-refractivity contribution >= 4 is 51.5 Å². The predicted octanol–water partition coefficient (Wildman–Crippen LogP) is 3.75. The van der Waals surface area contributed by atoms with Gasteiger partial charge in [0.25, 0.3) is 3.79 Å². The molecule has 90 valence electrons. The lowest BCUT2D eigenvalue weighted by Crippen LogP contribution is -2.23. The number of aromatic nitrogens is 2. The molecule has 0 saturated carbocycles. The van der Waals surface area contributed by atoms with Gasteiger partial charge < -0.3 is 4.90 Å². The highest BCUT2D eigenvalue weighted by Gasteiger charge is 2.29. The van der Waals surface area contributed by atoms with Crippen LogP contribution in [0, 0.1) is 0 Å². The normalized spacial score (nSPS) is 18.6. The van der Waals surface area contributed by atoms with Crippen LogP contribution in [0.5, 0.6) is 0 Å². The molecule has 2 heterocycles. The van der Waals surface area contributed by atoms with Gasteiger partial charge in [0.15, 0.2) is 5.82 Å². The first kappa shape index (κ1) is 12.7. The molecular formula is C9H12Cl3N3S. The van der Waals surface area contributed by atoms with Crippen LogP contribution in [0.1, 0.15) is 31.5 Å². The molecule has 1 aliphatic heterocycles. The molecule has 0 N–H and O–H groups in total. The lowest BCUT2D eigenvalue weighted by Gasteiger charge is -2.17. The second-order valence-electron chi connectivity index (χ2n) is 3.80. The molecule has 0 bridgehead atoms. The van der Waals surface area contributed by atoms with E-state index in [0.717, 1.165) is 18.2 Å². The Bertz CT molecular complexity index is 342. The highest BCUT2D eigenvalue weighted by atomic mass is 35.6. The molecular weight excluding hydrogens is 289 g/mol.